The third-order valence-corrected chi connectivity index (χ3v) is 5.96. The predicted octanol–water partition coefficient (Wildman–Crippen LogP) is 1.92. The SMILES string of the molecule is COc1cncc(-c2c(-c3ccc4c(c3)CN(C3CCC(=O)NC3=O)C4=O)ncn2C)c1. The number of pyridine rings is 1. The van der Waals surface area contributed by atoms with Gasteiger partial charge in [-0.1, -0.05) is 6.07 Å². The molecule has 0 aliphatic carbocycles. The lowest BCUT2D eigenvalue weighted by Crippen LogP contribution is -2.52. The molecule has 0 saturated carbocycles. The van der Waals surface area contributed by atoms with E-state index in [0.29, 0.717) is 24.3 Å². The molecule has 162 valence electrons. The van der Waals surface area contributed by atoms with Gasteiger partial charge >= 0.3 is 0 Å². The number of imidazole rings is 1. The molecule has 2 aromatic heterocycles. The van der Waals surface area contributed by atoms with Gasteiger partial charge in [-0.2, -0.15) is 0 Å². The number of nitrogens with zero attached hydrogens (tertiary/aromatic N) is 4. The number of nitrogens with one attached hydrogen (secondary N) is 1. The number of amides is 3. The number of rotatable bonds is 4. The van der Waals surface area contributed by atoms with Crippen molar-refractivity contribution in [3.63, 3.8) is 0 Å². The number of hydrogen-bond acceptors (Lipinski definition) is 6. The number of benzene rings is 1. The molecule has 1 unspecified atom stereocenters. The number of ether oxygens (including phenoxy) is 1. The lowest BCUT2D eigenvalue weighted by molar-refractivity contribution is -0.136. The summed E-state index contributed by atoms with van der Waals surface area (Å²) in [5, 5.41) is 2.33. The van der Waals surface area contributed by atoms with E-state index in [2.05, 4.69) is 15.3 Å². The molecule has 0 radical (unpaired) electrons. The largest absolute Gasteiger partial charge is 0.495 e. The Hall–Kier alpha value is -4.01. The highest BCUT2D eigenvalue weighted by molar-refractivity contribution is 6.05. The lowest BCUT2D eigenvalue weighted by Gasteiger charge is -2.29. The van der Waals surface area contributed by atoms with Gasteiger partial charge in [0.2, 0.25) is 11.8 Å². The fraction of sp³-hybridized carbons (Fsp3) is 0.261. The summed E-state index contributed by atoms with van der Waals surface area (Å²) in [6.45, 7) is 0.317. The zero-order valence-corrected chi connectivity index (χ0v) is 17.7. The summed E-state index contributed by atoms with van der Waals surface area (Å²) in [5.74, 6) is -0.263. The summed E-state index contributed by atoms with van der Waals surface area (Å²) in [6, 6.07) is 6.85. The molecule has 1 atom stereocenters. The number of fused-ring (bicyclic) bond motifs is 1. The molecule has 1 fully saturated rings. The number of aromatic nitrogens is 3. The van der Waals surface area contributed by atoms with Gasteiger partial charge in [-0.25, -0.2) is 4.98 Å². The van der Waals surface area contributed by atoms with E-state index in [0.717, 1.165) is 28.1 Å². The quantitative estimate of drug-likeness (QED) is 0.633. The van der Waals surface area contributed by atoms with E-state index in [-0.39, 0.29) is 18.2 Å². The molecule has 9 heteroatoms. The van der Waals surface area contributed by atoms with Crippen molar-refractivity contribution in [3.8, 4) is 28.3 Å². The molecule has 1 aromatic carbocycles. The van der Waals surface area contributed by atoms with Crippen LogP contribution in [0.5, 0.6) is 5.75 Å². The van der Waals surface area contributed by atoms with Gasteiger partial charge in [-0.15, -0.1) is 0 Å². The number of aryl methyl sites for hydroxylation is 1. The normalized spacial score (nSPS) is 18.0. The average Bonchev–Trinajstić information content (AvgIpc) is 3.33. The fourth-order valence-electron chi connectivity index (χ4n) is 4.36. The topological polar surface area (TPSA) is 106 Å². The molecule has 3 aromatic rings. The minimum absolute atomic E-state index is 0.195. The Morgan fingerprint density at radius 3 is 2.75 bits per heavy atom. The van der Waals surface area contributed by atoms with Crippen molar-refractivity contribution >= 4 is 17.7 Å². The van der Waals surface area contributed by atoms with Crippen LogP contribution >= 0.6 is 0 Å². The van der Waals surface area contributed by atoms with Crippen LogP contribution in [-0.4, -0.2) is 50.3 Å². The summed E-state index contributed by atoms with van der Waals surface area (Å²) in [5.41, 5.74) is 4.76. The van der Waals surface area contributed by atoms with E-state index in [1.54, 1.807) is 36.8 Å². The summed E-state index contributed by atoms with van der Waals surface area (Å²) < 4.78 is 7.22. The predicted molar refractivity (Wildman–Crippen MR) is 114 cm³/mol. The molecule has 9 nitrogen and oxygen atoms in total. The second-order valence-corrected chi connectivity index (χ2v) is 7.94. The van der Waals surface area contributed by atoms with Crippen LogP contribution in [0.1, 0.15) is 28.8 Å². The summed E-state index contributed by atoms with van der Waals surface area (Å²) >= 11 is 0. The molecule has 0 bridgehead atoms. The maximum absolute atomic E-state index is 13.0. The van der Waals surface area contributed by atoms with Crippen molar-refractivity contribution in [2.45, 2.75) is 25.4 Å². The van der Waals surface area contributed by atoms with Crippen LogP contribution in [0.3, 0.4) is 0 Å². The average molecular weight is 431 g/mol. The van der Waals surface area contributed by atoms with Crippen molar-refractivity contribution < 1.29 is 19.1 Å². The second-order valence-electron chi connectivity index (χ2n) is 7.94. The molecular formula is C23H21N5O4. The van der Waals surface area contributed by atoms with Crippen LogP contribution in [-0.2, 0) is 23.2 Å². The Labute approximate surface area is 184 Å². The first kappa shape index (κ1) is 19.9. The standard InChI is InChI=1S/C23H21N5O4/c1-27-12-25-20(21(27)14-8-16(32-2)10-24-9-14)13-3-4-17-15(7-13)11-28(23(17)31)18-5-6-19(29)26-22(18)30/h3-4,7-10,12,18H,5-6,11H2,1-2H3,(H,26,29,30). The number of carbonyl (C=O) groups is 3. The molecule has 3 amide bonds. The van der Waals surface area contributed by atoms with Gasteiger partial charge in [0, 0.05) is 42.9 Å². The van der Waals surface area contributed by atoms with Crippen LogP contribution in [0.25, 0.3) is 22.5 Å². The van der Waals surface area contributed by atoms with Crippen LogP contribution < -0.4 is 10.1 Å². The Morgan fingerprint density at radius 1 is 1.12 bits per heavy atom. The molecule has 2 aliphatic heterocycles. The van der Waals surface area contributed by atoms with E-state index >= 15 is 0 Å². The molecule has 32 heavy (non-hydrogen) atoms. The molecular weight excluding hydrogens is 410 g/mol. The molecule has 2 aliphatic rings. The minimum atomic E-state index is -0.635. The molecule has 4 heterocycles. The summed E-state index contributed by atoms with van der Waals surface area (Å²) in [6.07, 6.45) is 5.70. The van der Waals surface area contributed by atoms with E-state index in [4.69, 9.17) is 4.74 Å². The number of methoxy groups -OCH3 is 1. The Kier molecular flexibility index (Phi) is 4.73. The Balaban J connectivity index is 1.49. The van der Waals surface area contributed by atoms with Gasteiger partial charge in [-0.05, 0) is 30.2 Å². The Bertz CT molecular complexity index is 1270. The number of imide groups is 1. The number of carbonyl (C=O) groups excluding carboxylic acids is 3. The third-order valence-electron chi connectivity index (χ3n) is 5.96. The molecule has 5 rings (SSSR count). The summed E-state index contributed by atoms with van der Waals surface area (Å²) in [4.78, 5) is 47.1. The van der Waals surface area contributed by atoms with E-state index in [1.807, 2.05) is 29.8 Å². The Morgan fingerprint density at radius 2 is 1.97 bits per heavy atom. The van der Waals surface area contributed by atoms with Crippen molar-refractivity contribution in [3.05, 3.63) is 54.1 Å². The maximum atomic E-state index is 13.0. The highest BCUT2D eigenvalue weighted by atomic mass is 16.5. The highest BCUT2D eigenvalue weighted by Crippen LogP contribution is 2.35. The fourth-order valence-corrected chi connectivity index (χ4v) is 4.36. The highest BCUT2D eigenvalue weighted by Gasteiger charge is 2.39. The van der Waals surface area contributed by atoms with Crippen LogP contribution in [0.4, 0.5) is 0 Å². The second kappa shape index (κ2) is 7.60. The molecule has 1 saturated heterocycles. The first-order valence-electron chi connectivity index (χ1n) is 10.2. The monoisotopic (exact) mass is 431 g/mol. The van der Waals surface area contributed by atoms with E-state index in [1.165, 1.54) is 0 Å². The zero-order chi connectivity index (χ0) is 22.4. The molecule has 1 N–H and O–H groups in total. The minimum Gasteiger partial charge on any atom is -0.495 e. The van der Waals surface area contributed by atoms with Crippen molar-refractivity contribution in [2.24, 2.45) is 7.05 Å². The van der Waals surface area contributed by atoms with Crippen LogP contribution in [0, 0.1) is 0 Å². The van der Waals surface area contributed by atoms with E-state index in [9.17, 15) is 14.4 Å². The number of piperidine rings is 1. The number of hydrogen-bond donors (Lipinski definition) is 1. The smallest absolute Gasteiger partial charge is 0.255 e. The van der Waals surface area contributed by atoms with Crippen molar-refractivity contribution in [1.82, 2.24) is 24.8 Å². The first-order valence-corrected chi connectivity index (χ1v) is 10.2. The van der Waals surface area contributed by atoms with Gasteiger partial charge in [-0.3, -0.25) is 24.7 Å². The third kappa shape index (κ3) is 3.22. The zero-order valence-electron chi connectivity index (χ0n) is 17.7. The van der Waals surface area contributed by atoms with Gasteiger partial charge in [0.05, 0.1) is 31.0 Å². The van der Waals surface area contributed by atoms with Gasteiger partial charge in [0.1, 0.15) is 11.8 Å². The van der Waals surface area contributed by atoms with E-state index < -0.39 is 11.9 Å². The maximum Gasteiger partial charge on any atom is 0.255 e. The summed E-state index contributed by atoms with van der Waals surface area (Å²) in [7, 11) is 3.50. The molecule has 0 spiro atoms. The van der Waals surface area contributed by atoms with Gasteiger partial charge < -0.3 is 14.2 Å². The van der Waals surface area contributed by atoms with Crippen LogP contribution in [0.2, 0.25) is 0 Å². The first-order chi connectivity index (χ1) is 15.5. The van der Waals surface area contributed by atoms with Gasteiger partial charge in [0.15, 0.2) is 0 Å². The van der Waals surface area contributed by atoms with Gasteiger partial charge in [0.25, 0.3) is 5.91 Å². The lowest BCUT2D eigenvalue weighted by atomic mass is 10.0. The van der Waals surface area contributed by atoms with Crippen molar-refractivity contribution in [2.75, 3.05) is 7.11 Å². The van der Waals surface area contributed by atoms with Crippen LogP contribution in [0.15, 0.2) is 43.0 Å². The van der Waals surface area contributed by atoms with Crippen molar-refractivity contribution in [1.29, 1.82) is 0 Å².